The van der Waals surface area contributed by atoms with E-state index >= 15 is 0 Å². The number of rotatable bonds is 4. The number of allylic oxidation sites excluding steroid dienone is 1. The minimum absolute atomic E-state index is 0.799. The van der Waals surface area contributed by atoms with Crippen LogP contribution in [0, 0.1) is 0 Å². The maximum atomic E-state index is 4.74. The van der Waals surface area contributed by atoms with Crippen molar-refractivity contribution in [2.45, 2.75) is 26.3 Å². The number of likely N-dealkylation sites (tertiary alicyclic amines) is 1. The van der Waals surface area contributed by atoms with Crippen LogP contribution in [0.4, 0.5) is 0 Å². The topological polar surface area (TPSA) is 12.5 Å². The fourth-order valence-electron chi connectivity index (χ4n) is 1.83. The molecule has 0 aromatic heterocycles. The summed E-state index contributed by atoms with van der Waals surface area (Å²) in [6.07, 6.45) is 2.44. The molecular formula is C14H20INOS. The van der Waals surface area contributed by atoms with E-state index in [1.165, 1.54) is 39.9 Å². The van der Waals surface area contributed by atoms with Crippen LogP contribution in [-0.4, -0.2) is 18.1 Å². The summed E-state index contributed by atoms with van der Waals surface area (Å²) in [6.45, 7) is 9.02. The van der Waals surface area contributed by atoms with E-state index in [0.717, 1.165) is 13.2 Å². The summed E-state index contributed by atoms with van der Waals surface area (Å²) in [5.74, 6) is 0. The van der Waals surface area contributed by atoms with Crippen LogP contribution >= 0.6 is 30.4 Å². The van der Waals surface area contributed by atoms with Crippen LogP contribution in [0.5, 0.6) is 0 Å². The molecule has 0 aliphatic carbocycles. The second kappa shape index (κ2) is 9.69. The van der Waals surface area contributed by atoms with Gasteiger partial charge in [-0.3, -0.25) is 0 Å². The predicted octanol–water partition coefficient (Wildman–Crippen LogP) is 4.82. The van der Waals surface area contributed by atoms with Gasteiger partial charge in [-0.2, -0.15) is 0 Å². The summed E-state index contributed by atoms with van der Waals surface area (Å²) in [7, 11) is 1.37. The molecule has 0 N–H and O–H groups in total. The SMILES string of the molecule is C=C1CCCN1Cc1ccccc1.CCOSI. The maximum Gasteiger partial charge on any atom is 0.0650 e. The first-order valence-electron chi connectivity index (χ1n) is 6.14. The molecule has 0 saturated carbocycles. The molecule has 0 unspecified atom stereocenters. The van der Waals surface area contributed by atoms with Crippen LogP contribution in [0.2, 0.25) is 0 Å². The van der Waals surface area contributed by atoms with Gasteiger partial charge in [-0.25, -0.2) is 0 Å². The lowest BCUT2D eigenvalue weighted by molar-refractivity contribution is 0.387. The Morgan fingerprint density at radius 3 is 2.56 bits per heavy atom. The molecule has 2 nitrogen and oxygen atoms in total. The lowest BCUT2D eigenvalue weighted by Gasteiger charge is -2.18. The quantitative estimate of drug-likeness (QED) is 0.552. The molecule has 1 saturated heterocycles. The minimum Gasteiger partial charge on any atom is -0.371 e. The Labute approximate surface area is 127 Å². The monoisotopic (exact) mass is 377 g/mol. The van der Waals surface area contributed by atoms with E-state index in [-0.39, 0.29) is 0 Å². The van der Waals surface area contributed by atoms with E-state index in [2.05, 4.69) is 63.0 Å². The normalized spacial score (nSPS) is 14.3. The summed E-state index contributed by atoms with van der Waals surface area (Å²) in [6, 6.07) is 10.6. The van der Waals surface area contributed by atoms with Gasteiger partial charge >= 0.3 is 0 Å². The molecule has 4 heteroatoms. The number of hydrogen-bond donors (Lipinski definition) is 0. The Hall–Kier alpha value is -0.200. The average molecular weight is 377 g/mol. The lowest BCUT2D eigenvalue weighted by Crippen LogP contribution is -2.16. The Morgan fingerprint density at radius 2 is 2.11 bits per heavy atom. The average Bonchev–Trinajstić information content (AvgIpc) is 2.78. The van der Waals surface area contributed by atoms with Crippen molar-refractivity contribution in [3.8, 4) is 0 Å². The molecule has 0 spiro atoms. The fraction of sp³-hybridized carbons (Fsp3) is 0.429. The molecule has 0 amide bonds. The zero-order chi connectivity index (χ0) is 13.2. The Morgan fingerprint density at radius 1 is 1.39 bits per heavy atom. The molecule has 18 heavy (non-hydrogen) atoms. The van der Waals surface area contributed by atoms with Crippen LogP contribution in [0.25, 0.3) is 0 Å². The summed E-state index contributed by atoms with van der Waals surface area (Å²) < 4.78 is 4.74. The van der Waals surface area contributed by atoms with E-state index in [1.807, 2.05) is 6.92 Å². The molecule has 0 atom stereocenters. The van der Waals surface area contributed by atoms with Crippen LogP contribution in [-0.2, 0) is 10.7 Å². The first-order valence-corrected chi connectivity index (χ1v) is 9.43. The summed E-state index contributed by atoms with van der Waals surface area (Å²) in [5.41, 5.74) is 2.68. The Kier molecular flexibility index (Phi) is 8.54. The molecule has 1 heterocycles. The van der Waals surface area contributed by atoms with Crippen molar-refractivity contribution in [3.63, 3.8) is 0 Å². The molecule has 100 valence electrons. The molecule has 0 bridgehead atoms. The van der Waals surface area contributed by atoms with Crippen molar-refractivity contribution in [1.29, 1.82) is 0 Å². The molecule has 1 aromatic rings. The van der Waals surface area contributed by atoms with Crippen LogP contribution in [0.3, 0.4) is 0 Å². The second-order valence-corrected chi connectivity index (χ2v) is 5.49. The van der Waals surface area contributed by atoms with E-state index < -0.39 is 0 Å². The lowest BCUT2D eigenvalue weighted by atomic mass is 10.2. The van der Waals surface area contributed by atoms with Crippen molar-refractivity contribution in [3.05, 3.63) is 48.2 Å². The van der Waals surface area contributed by atoms with Crippen LogP contribution in [0.15, 0.2) is 42.6 Å². The molecular weight excluding hydrogens is 357 g/mol. The zero-order valence-corrected chi connectivity index (χ0v) is 13.7. The molecule has 1 aliphatic rings. The van der Waals surface area contributed by atoms with Gasteiger partial charge in [-0.1, -0.05) is 36.9 Å². The molecule has 2 rings (SSSR count). The highest BCUT2D eigenvalue weighted by Crippen LogP contribution is 2.21. The third-order valence-electron chi connectivity index (χ3n) is 2.72. The zero-order valence-electron chi connectivity index (χ0n) is 10.8. The molecule has 1 aromatic carbocycles. The fourth-order valence-corrected chi connectivity index (χ4v) is 2.68. The van der Waals surface area contributed by atoms with Crippen LogP contribution < -0.4 is 0 Å². The summed E-state index contributed by atoms with van der Waals surface area (Å²) in [5, 5.41) is 0. The van der Waals surface area contributed by atoms with Gasteiger partial charge in [0.15, 0.2) is 0 Å². The third kappa shape index (κ3) is 6.11. The van der Waals surface area contributed by atoms with Crippen molar-refractivity contribution in [1.82, 2.24) is 4.90 Å². The highest BCUT2D eigenvalue weighted by atomic mass is 127. The van der Waals surface area contributed by atoms with Crippen molar-refractivity contribution < 1.29 is 4.18 Å². The van der Waals surface area contributed by atoms with Crippen molar-refractivity contribution >= 4 is 30.4 Å². The Balaban J connectivity index is 0.000000280. The number of nitrogens with zero attached hydrogens (tertiary/aromatic N) is 1. The summed E-state index contributed by atoms with van der Waals surface area (Å²) >= 11 is 2.08. The number of halogens is 1. The van der Waals surface area contributed by atoms with Gasteiger partial charge < -0.3 is 9.08 Å². The molecule has 0 radical (unpaired) electrons. The predicted molar refractivity (Wildman–Crippen MR) is 88.5 cm³/mol. The standard InChI is InChI=1S/C12H15N.C2H5IOS/c1-11-6-5-9-13(11)10-12-7-3-2-4-8-12;1-2-4-5-3/h2-4,7-8H,1,5-6,9-10H2;2H2,1H3. The van der Waals surface area contributed by atoms with Gasteiger partial charge in [-0.05, 0) is 25.3 Å². The molecule has 1 fully saturated rings. The smallest absolute Gasteiger partial charge is 0.0650 e. The summed E-state index contributed by atoms with van der Waals surface area (Å²) in [4.78, 5) is 2.37. The van der Waals surface area contributed by atoms with Gasteiger partial charge in [0.05, 0.1) is 15.8 Å². The van der Waals surface area contributed by atoms with Crippen molar-refractivity contribution in [2.75, 3.05) is 13.2 Å². The highest BCUT2D eigenvalue weighted by molar-refractivity contribution is 14.2. The first-order chi connectivity index (χ1) is 8.77. The van der Waals surface area contributed by atoms with Crippen LogP contribution in [0.1, 0.15) is 25.3 Å². The minimum atomic E-state index is 0.799. The highest BCUT2D eigenvalue weighted by Gasteiger charge is 2.14. The second-order valence-electron chi connectivity index (χ2n) is 4.05. The maximum absolute atomic E-state index is 4.74. The first kappa shape index (κ1) is 15.9. The van der Waals surface area contributed by atoms with E-state index in [9.17, 15) is 0 Å². The van der Waals surface area contributed by atoms with Gasteiger partial charge in [0.25, 0.3) is 0 Å². The number of benzene rings is 1. The van der Waals surface area contributed by atoms with Gasteiger partial charge in [0.2, 0.25) is 0 Å². The van der Waals surface area contributed by atoms with E-state index in [0.29, 0.717) is 0 Å². The number of hydrogen-bond acceptors (Lipinski definition) is 3. The van der Waals surface area contributed by atoms with E-state index in [1.54, 1.807) is 0 Å². The van der Waals surface area contributed by atoms with Gasteiger partial charge in [-0.15, -0.1) is 0 Å². The largest absolute Gasteiger partial charge is 0.371 e. The third-order valence-corrected chi connectivity index (χ3v) is 3.81. The molecule has 1 aliphatic heterocycles. The van der Waals surface area contributed by atoms with Crippen molar-refractivity contribution in [2.24, 2.45) is 0 Å². The Bertz CT molecular complexity index is 343. The van der Waals surface area contributed by atoms with Gasteiger partial charge in [0, 0.05) is 40.0 Å². The van der Waals surface area contributed by atoms with E-state index in [4.69, 9.17) is 4.18 Å². The van der Waals surface area contributed by atoms with Gasteiger partial charge in [0.1, 0.15) is 0 Å².